The molecule has 1 rings (SSSR count). The van der Waals surface area contributed by atoms with Gasteiger partial charge in [0.15, 0.2) is 0 Å². The molecule has 0 heterocycles. The summed E-state index contributed by atoms with van der Waals surface area (Å²) in [7, 11) is 1.41. The molecule has 6 heteroatoms. The van der Waals surface area contributed by atoms with Gasteiger partial charge in [-0.15, -0.1) is 0 Å². The fourth-order valence-corrected chi connectivity index (χ4v) is 3.14. The van der Waals surface area contributed by atoms with Crippen molar-refractivity contribution in [3.63, 3.8) is 0 Å². The van der Waals surface area contributed by atoms with Crippen LogP contribution in [0.1, 0.15) is 33.6 Å². The third-order valence-corrected chi connectivity index (χ3v) is 3.72. The molecule has 1 aliphatic carbocycles. The Morgan fingerprint density at radius 2 is 2.28 bits per heavy atom. The Kier molecular flexibility index (Phi) is 4.59. The summed E-state index contributed by atoms with van der Waals surface area (Å²) in [6.45, 7) is 7.20. The third-order valence-electron chi connectivity index (χ3n) is 3.72. The highest BCUT2D eigenvalue weighted by molar-refractivity contribution is 5.81. The number of nitrogens with zero attached hydrogens (tertiary/aromatic N) is 3. The molecule has 0 aromatic carbocycles. The van der Waals surface area contributed by atoms with Gasteiger partial charge < -0.3 is 10.1 Å². The standard InChI is InChI=1S/C12H22N4O2/c1-9-7-11(2,3)8-12(9,10(17)18-4)14-5-6-15-16-13/h9,14H,5-8H2,1-4H3. The second-order valence-electron chi connectivity index (χ2n) is 5.79. The summed E-state index contributed by atoms with van der Waals surface area (Å²) >= 11 is 0. The van der Waals surface area contributed by atoms with Crippen molar-refractivity contribution in [1.82, 2.24) is 5.32 Å². The molecule has 6 nitrogen and oxygen atoms in total. The summed E-state index contributed by atoms with van der Waals surface area (Å²) in [4.78, 5) is 14.8. The number of methoxy groups -OCH3 is 1. The normalized spacial score (nSPS) is 29.7. The van der Waals surface area contributed by atoms with Crippen LogP contribution in [0.2, 0.25) is 0 Å². The molecule has 2 unspecified atom stereocenters. The first kappa shape index (κ1) is 14.8. The second-order valence-corrected chi connectivity index (χ2v) is 5.79. The van der Waals surface area contributed by atoms with E-state index < -0.39 is 5.54 Å². The van der Waals surface area contributed by atoms with Crippen LogP contribution in [0, 0.1) is 11.3 Å². The monoisotopic (exact) mass is 254 g/mol. The average molecular weight is 254 g/mol. The van der Waals surface area contributed by atoms with Gasteiger partial charge in [-0.1, -0.05) is 25.9 Å². The van der Waals surface area contributed by atoms with Crippen LogP contribution >= 0.6 is 0 Å². The van der Waals surface area contributed by atoms with Crippen molar-refractivity contribution in [2.45, 2.75) is 39.2 Å². The molecule has 1 fully saturated rings. The number of carbonyl (C=O) groups excluding carboxylic acids is 1. The van der Waals surface area contributed by atoms with Gasteiger partial charge in [0, 0.05) is 18.0 Å². The van der Waals surface area contributed by atoms with Gasteiger partial charge in [-0.2, -0.15) is 0 Å². The van der Waals surface area contributed by atoms with Crippen LogP contribution in [-0.4, -0.2) is 31.7 Å². The number of ether oxygens (including phenoxy) is 1. The lowest BCUT2D eigenvalue weighted by atomic mass is 9.86. The molecule has 1 aliphatic rings. The van der Waals surface area contributed by atoms with Gasteiger partial charge in [-0.3, -0.25) is 4.79 Å². The first-order valence-electron chi connectivity index (χ1n) is 6.22. The van der Waals surface area contributed by atoms with E-state index in [2.05, 4.69) is 36.1 Å². The summed E-state index contributed by atoms with van der Waals surface area (Å²) in [5.41, 5.74) is 7.71. The van der Waals surface area contributed by atoms with E-state index in [4.69, 9.17) is 10.3 Å². The minimum Gasteiger partial charge on any atom is -0.468 e. The smallest absolute Gasteiger partial charge is 0.326 e. The lowest BCUT2D eigenvalue weighted by Gasteiger charge is -2.32. The van der Waals surface area contributed by atoms with Crippen LogP contribution in [0.3, 0.4) is 0 Å². The maximum absolute atomic E-state index is 12.1. The predicted octanol–water partition coefficient (Wildman–Crippen LogP) is 2.25. The minimum absolute atomic E-state index is 0.110. The van der Waals surface area contributed by atoms with E-state index in [1.54, 1.807) is 0 Å². The topological polar surface area (TPSA) is 87.1 Å². The van der Waals surface area contributed by atoms with Crippen LogP contribution in [0.15, 0.2) is 5.11 Å². The van der Waals surface area contributed by atoms with Crippen LogP contribution in [-0.2, 0) is 9.53 Å². The quantitative estimate of drug-likeness (QED) is 0.268. The summed E-state index contributed by atoms with van der Waals surface area (Å²) < 4.78 is 4.95. The van der Waals surface area contributed by atoms with Crippen molar-refractivity contribution in [3.05, 3.63) is 10.4 Å². The van der Waals surface area contributed by atoms with Crippen LogP contribution in [0.25, 0.3) is 10.4 Å². The fraction of sp³-hybridized carbons (Fsp3) is 0.917. The van der Waals surface area contributed by atoms with E-state index in [9.17, 15) is 4.79 Å². The lowest BCUT2D eigenvalue weighted by molar-refractivity contribution is -0.150. The minimum atomic E-state index is -0.650. The molecule has 1 N–H and O–H groups in total. The van der Waals surface area contributed by atoms with Crippen LogP contribution in [0.5, 0.6) is 0 Å². The molecule has 0 amide bonds. The predicted molar refractivity (Wildman–Crippen MR) is 68.9 cm³/mol. The highest BCUT2D eigenvalue weighted by Crippen LogP contribution is 2.47. The number of carbonyl (C=O) groups is 1. The molecule has 0 saturated heterocycles. The zero-order chi connectivity index (χ0) is 13.8. The van der Waals surface area contributed by atoms with Crippen molar-refractivity contribution in [2.24, 2.45) is 16.4 Å². The van der Waals surface area contributed by atoms with Crippen molar-refractivity contribution in [1.29, 1.82) is 0 Å². The van der Waals surface area contributed by atoms with E-state index in [1.807, 2.05) is 0 Å². The number of rotatable bonds is 5. The molecule has 0 spiro atoms. The summed E-state index contributed by atoms with van der Waals surface area (Å²) in [6, 6.07) is 0. The number of azide groups is 1. The number of hydrogen-bond acceptors (Lipinski definition) is 4. The number of esters is 1. The molecule has 0 aromatic rings. The van der Waals surface area contributed by atoms with E-state index in [0.717, 1.165) is 12.8 Å². The van der Waals surface area contributed by atoms with E-state index in [0.29, 0.717) is 13.1 Å². The van der Waals surface area contributed by atoms with Crippen molar-refractivity contribution >= 4 is 5.97 Å². The summed E-state index contributed by atoms with van der Waals surface area (Å²) in [5, 5.41) is 6.72. The largest absolute Gasteiger partial charge is 0.468 e. The molecule has 0 radical (unpaired) electrons. The molecule has 0 bridgehead atoms. The van der Waals surface area contributed by atoms with E-state index in [1.165, 1.54) is 7.11 Å². The molecule has 2 atom stereocenters. The Balaban J connectivity index is 2.83. The fourth-order valence-electron chi connectivity index (χ4n) is 3.14. The first-order chi connectivity index (χ1) is 8.38. The maximum atomic E-state index is 12.1. The molecule has 18 heavy (non-hydrogen) atoms. The van der Waals surface area contributed by atoms with Gasteiger partial charge in [0.25, 0.3) is 0 Å². The molecular weight excluding hydrogens is 232 g/mol. The zero-order valence-electron chi connectivity index (χ0n) is 11.6. The summed E-state index contributed by atoms with van der Waals surface area (Å²) in [5.74, 6) is -0.0208. The molecule has 0 aromatic heterocycles. The van der Waals surface area contributed by atoms with Gasteiger partial charge in [-0.25, -0.2) is 0 Å². The van der Waals surface area contributed by atoms with Crippen LogP contribution in [0.4, 0.5) is 0 Å². The Morgan fingerprint density at radius 1 is 1.61 bits per heavy atom. The number of hydrogen-bond donors (Lipinski definition) is 1. The maximum Gasteiger partial charge on any atom is 0.326 e. The Bertz CT molecular complexity index is 363. The zero-order valence-corrected chi connectivity index (χ0v) is 11.6. The van der Waals surface area contributed by atoms with Crippen LogP contribution < -0.4 is 5.32 Å². The highest BCUT2D eigenvalue weighted by Gasteiger charge is 2.53. The SMILES string of the molecule is COC(=O)C1(NCCN=[N+]=[N-])CC(C)(C)CC1C. The van der Waals surface area contributed by atoms with Crippen molar-refractivity contribution < 1.29 is 9.53 Å². The van der Waals surface area contributed by atoms with Gasteiger partial charge in [-0.05, 0) is 29.7 Å². The van der Waals surface area contributed by atoms with E-state index in [-0.39, 0.29) is 17.3 Å². The second kappa shape index (κ2) is 5.59. The van der Waals surface area contributed by atoms with Gasteiger partial charge in [0.1, 0.15) is 5.54 Å². The Hall–Kier alpha value is -1.26. The lowest BCUT2D eigenvalue weighted by Crippen LogP contribution is -2.55. The molecule has 102 valence electrons. The summed E-state index contributed by atoms with van der Waals surface area (Å²) in [6.07, 6.45) is 1.71. The van der Waals surface area contributed by atoms with Gasteiger partial charge >= 0.3 is 5.97 Å². The third kappa shape index (κ3) is 2.94. The van der Waals surface area contributed by atoms with Gasteiger partial charge in [0.2, 0.25) is 0 Å². The number of nitrogens with one attached hydrogen (secondary N) is 1. The molecule has 0 aliphatic heterocycles. The Labute approximate surface area is 108 Å². The van der Waals surface area contributed by atoms with Crippen molar-refractivity contribution in [3.8, 4) is 0 Å². The Morgan fingerprint density at radius 3 is 2.72 bits per heavy atom. The average Bonchev–Trinajstić information content (AvgIpc) is 2.54. The van der Waals surface area contributed by atoms with Crippen molar-refractivity contribution in [2.75, 3.05) is 20.2 Å². The van der Waals surface area contributed by atoms with Gasteiger partial charge in [0.05, 0.1) is 7.11 Å². The molecule has 1 saturated carbocycles. The highest BCUT2D eigenvalue weighted by atomic mass is 16.5. The first-order valence-corrected chi connectivity index (χ1v) is 6.22. The van der Waals surface area contributed by atoms with E-state index >= 15 is 0 Å². The molecular formula is C12H22N4O2.